The predicted molar refractivity (Wildman–Crippen MR) is 119 cm³/mol. The van der Waals surface area contributed by atoms with E-state index in [1.54, 1.807) is 12.1 Å². The summed E-state index contributed by atoms with van der Waals surface area (Å²) in [5.74, 6) is 4.63. The average molecular weight is 437 g/mol. The second-order valence-electron chi connectivity index (χ2n) is 10.7. The number of alkyl halides is 3. The van der Waals surface area contributed by atoms with Crippen LogP contribution in [0.2, 0.25) is 0 Å². The highest BCUT2D eigenvalue weighted by Gasteiger charge is 2.32. The van der Waals surface area contributed by atoms with E-state index in [2.05, 4.69) is 4.74 Å². The van der Waals surface area contributed by atoms with E-state index in [1.165, 1.54) is 95.6 Å². The molecule has 0 N–H and O–H groups in total. The highest BCUT2D eigenvalue weighted by molar-refractivity contribution is 5.27. The standard InChI is InChI=1S/C27H39F3O/c28-27(29,30)31-26-17-11-21(12-18-26)6-5-20-7-13-24(14-8-20)25-15-9-23(10-16-25)19-22-3-1-2-4-22/h11-12,17-18,20,22-25H,1-10,13-16,19H2. The summed E-state index contributed by atoms with van der Waals surface area (Å²) in [6, 6.07) is 6.42. The summed E-state index contributed by atoms with van der Waals surface area (Å²) in [5, 5.41) is 0. The van der Waals surface area contributed by atoms with Gasteiger partial charge in [-0.3, -0.25) is 0 Å². The van der Waals surface area contributed by atoms with Gasteiger partial charge in [0.25, 0.3) is 0 Å². The van der Waals surface area contributed by atoms with E-state index in [1.807, 2.05) is 0 Å². The molecule has 0 unspecified atom stereocenters. The average Bonchev–Trinajstić information content (AvgIpc) is 3.26. The fourth-order valence-corrected chi connectivity index (χ4v) is 6.79. The van der Waals surface area contributed by atoms with Crippen LogP contribution in [0.3, 0.4) is 0 Å². The first kappa shape index (κ1) is 23.0. The Hall–Kier alpha value is -1.19. The molecule has 3 fully saturated rings. The Kier molecular flexibility index (Phi) is 7.87. The third-order valence-corrected chi connectivity index (χ3v) is 8.59. The van der Waals surface area contributed by atoms with Gasteiger partial charge in [-0.05, 0) is 92.2 Å². The Labute approximate surface area is 186 Å². The van der Waals surface area contributed by atoms with E-state index >= 15 is 0 Å². The maximum Gasteiger partial charge on any atom is 0.573 e. The summed E-state index contributed by atoms with van der Waals surface area (Å²) in [6.45, 7) is 0. The summed E-state index contributed by atoms with van der Waals surface area (Å²) in [6.07, 6.45) is 16.3. The number of hydrogen-bond donors (Lipinski definition) is 0. The van der Waals surface area contributed by atoms with Crippen molar-refractivity contribution in [2.45, 2.75) is 103 Å². The van der Waals surface area contributed by atoms with E-state index in [0.29, 0.717) is 0 Å². The lowest BCUT2D eigenvalue weighted by molar-refractivity contribution is -0.274. The smallest absolute Gasteiger partial charge is 0.406 e. The van der Waals surface area contributed by atoms with Gasteiger partial charge in [0.2, 0.25) is 0 Å². The van der Waals surface area contributed by atoms with Crippen molar-refractivity contribution in [1.82, 2.24) is 0 Å². The molecule has 1 aromatic carbocycles. The number of hydrogen-bond acceptors (Lipinski definition) is 1. The van der Waals surface area contributed by atoms with E-state index in [9.17, 15) is 13.2 Å². The van der Waals surface area contributed by atoms with E-state index in [0.717, 1.165) is 48.0 Å². The maximum absolute atomic E-state index is 12.3. The molecule has 174 valence electrons. The van der Waals surface area contributed by atoms with Crippen molar-refractivity contribution in [3.05, 3.63) is 29.8 Å². The van der Waals surface area contributed by atoms with Gasteiger partial charge >= 0.3 is 6.36 Å². The number of benzene rings is 1. The molecule has 1 aromatic rings. The zero-order chi connectivity index (χ0) is 21.7. The zero-order valence-electron chi connectivity index (χ0n) is 18.8. The van der Waals surface area contributed by atoms with E-state index in [4.69, 9.17) is 0 Å². The van der Waals surface area contributed by atoms with Gasteiger partial charge in [0.1, 0.15) is 5.75 Å². The molecule has 3 aliphatic rings. The van der Waals surface area contributed by atoms with Gasteiger partial charge in [-0.25, -0.2) is 0 Å². The fraction of sp³-hybridized carbons (Fsp3) is 0.778. The van der Waals surface area contributed by atoms with Crippen LogP contribution in [0.1, 0.15) is 95.5 Å². The van der Waals surface area contributed by atoms with Crippen LogP contribution in [0, 0.1) is 29.6 Å². The van der Waals surface area contributed by atoms with Crippen LogP contribution in [0.4, 0.5) is 13.2 Å². The molecular weight excluding hydrogens is 397 g/mol. The molecular formula is C27H39F3O. The Bertz CT molecular complexity index is 646. The van der Waals surface area contributed by atoms with Gasteiger partial charge in [0.05, 0.1) is 0 Å². The summed E-state index contributed by atoms with van der Waals surface area (Å²) in [7, 11) is 0. The maximum atomic E-state index is 12.3. The van der Waals surface area contributed by atoms with Crippen LogP contribution in [0.5, 0.6) is 5.75 Å². The van der Waals surface area contributed by atoms with Gasteiger partial charge in [-0.15, -0.1) is 13.2 Å². The molecule has 0 aliphatic heterocycles. The predicted octanol–water partition coefficient (Wildman–Crippen LogP) is 8.71. The van der Waals surface area contributed by atoms with Crippen molar-refractivity contribution < 1.29 is 17.9 Å². The van der Waals surface area contributed by atoms with Gasteiger partial charge in [0, 0.05) is 0 Å². The Morgan fingerprint density at radius 2 is 1.19 bits per heavy atom. The molecule has 0 heterocycles. The van der Waals surface area contributed by atoms with E-state index in [-0.39, 0.29) is 5.75 Å². The first-order valence-electron chi connectivity index (χ1n) is 12.8. The topological polar surface area (TPSA) is 9.23 Å². The second kappa shape index (κ2) is 10.6. The molecule has 3 saturated carbocycles. The molecule has 0 spiro atoms. The summed E-state index contributed by atoms with van der Waals surface area (Å²) >= 11 is 0. The lowest BCUT2D eigenvalue weighted by Gasteiger charge is -2.38. The number of aryl methyl sites for hydroxylation is 1. The van der Waals surface area contributed by atoms with Crippen molar-refractivity contribution in [3.63, 3.8) is 0 Å². The highest BCUT2D eigenvalue weighted by atomic mass is 19.4. The second-order valence-corrected chi connectivity index (χ2v) is 10.7. The lowest BCUT2D eigenvalue weighted by Crippen LogP contribution is -2.26. The molecule has 0 amide bonds. The molecule has 0 saturated heterocycles. The fourth-order valence-electron chi connectivity index (χ4n) is 6.79. The SMILES string of the molecule is FC(F)(F)Oc1ccc(CCC2CCC(C3CCC(CC4CCCC4)CC3)CC2)cc1. The molecule has 0 radical (unpaired) electrons. The quantitative estimate of drug-likeness (QED) is 0.415. The summed E-state index contributed by atoms with van der Waals surface area (Å²) in [5.41, 5.74) is 1.11. The van der Waals surface area contributed by atoms with Crippen LogP contribution >= 0.6 is 0 Å². The number of halogens is 3. The summed E-state index contributed by atoms with van der Waals surface area (Å²) < 4.78 is 40.8. The molecule has 1 nitrogen and oxygen atoms in total. The Morgan fingerprint density at radius 3 is 1.74 bits per heavy atom. The van der Waals surface area contributed by atoms with Crippen LogP contribution in [-0.4, -0.2) is 6.36 Å². The van der Waals surface area contributed by atoms with Gasteiger partial charge < -0.3 is 4.74 Å². The van der Waals surface area contributed by atoms with Crippen molar-refractivity contribution in [3.8, 4) is 5.75 Å². The highest BCUT2D eigenvalue weighted by Crippen LogP contribution is 2.44. The van der Waals surface area contributed by atoms with Crippen LogP contribution in [0.15, 0.2) is 24.3 Å². The molecule has 0 bridgehead atoms. The summed E-state index contributed by atoms with van der Waals surface area (Å²) in [4.78, 5) is 0. The lowest BCUT2D eigenvalue weighted by atomic mass is 9.67. The molecule has 0 aromatic heterocycles. The van der Waals surface area contributed by atoms with E-state index < -0.39 is 6.36 Å². The normalized spacial score (nSPS) is 30.4. The largest absolute Gasteiger partial charge is 0.573 e. The van der Waals surface area contributed by atoms with Gasteiger partial charge in [-0.1, -0.05) is 63.5 Å². The monoisotopic (exact) mass is 436 g/mol. The minimum absolute atomic E-state index is 0.130. The van der Waals surface area contributed by atoms with Crippen molar-refractivity contribution in [2.75, 3.05) is 0 Å². The minimum Gasteiger partial charge on any atom is -0.406 e. The van der Waals surface area contributed by atoms with Crippen LogP contribution in [0.25, 0.3) is 0 Å². The Balaban J connectivity index is 1.13. The van der Waals surface area contributed by atoms with Gasteiger partial charge in [0.15, 0.2) is 0 Å². The third kappa shape index (κ3) is 7.15. The van der Waals surface area contributed by atoms with Crippen molar-refractivity contribution >= 4 is 0 Å². The first-order valence-corrected chi connectivity index (χ1v) is 12.8. The first-order chi connectivity index (χ1) is 14.9. The van der Waals surface area contributed by atoms with Crippen molar-refractivity contribution in [2.24, 2.45) is 29.6 Å². The molecule has 0 atom stereocenters. The molecule has 31 heavy (non-hydrogen) atoms. The molecule has 4 heteroatoms. The van der Waals surface area contributed by atoms with Crippen LogP contribution in [-0.2, 0) is 6.42 Å². The molecule has 3 aliphatic carbocycles. The van der Waals surface area contributed by atoms with Gasteiger partial charge in [-0.2, -0.15) is 0 Å². The Morgan fingerprint density at radius 1 is 0.677 bits per heavy atom. The number of ether oxygens (including phenoxy) is 1. The zero-order valence-corrected chi connectivity index (χ0v) is 18.8. The van der Waals surface area contributed by atoms with Crippen molar-refractivity contribution in [1.29, 1.82) is 0 Å². The minimum atomic E-state index is -4.62. The third-order valence-electron chi connectivity index (χ3n) is 8.59. The van der Waals surface area contributed by atoms with Crippen LogP contribution < -0.4 is 4.74 Å². The molecule has 4 rings (SSSR count). The number of rotatable bonds is 7.